The van der Waals surface area contributed by atoms with E-state index in [0.717, 1.165) is 42.8 Å². The van der Waals surface area contributed by atoms with Crippen LogP contribution >= 0.6 is 0 Å². The summed E-state index contributed by atoms with van der Waals surface area (Å²) in [5.74, 6) is 0.839. The van der Waals surface area contributed by atoms with Gasteiger partial charge < -0.3 is 9.47 Å². The van der Waals surface area contributed by atoms with Gasteiger partial charge in [-0.15, -0.1) is 0 Å². The molecule has 0 bridgehead atoms. The number of halogens is 1. The van der Waals surface area contributed by atoms with Gasteiger partial charge in [-0.2, -0.15) is 0 Å². The van der Waals surface area contributed by atoms with Gasteiger partial charge in [-0.1, -0.05) is 43.3 Å². The molecule has 0 aliphatic carbocycles. The predicted molar refractivity (Wildman–Crippen MR) is 121 cm³/mol. The fraction of sp³-hybridized carbons (Fsp3) is 0.269. The van der Waals surface area contributed by atoms with Crippen LogP contribution in [0.15, 0.2) is 60.8 Å². The lowest BCUT2D eigenvalue weighted by molar-refractivity contribution is 0.623. The van der Waals surface area contributed by atoms with Crippen LogP contribution in [0.2, 0.25) is 0 Å². The summed E-state index contributed by atoms with van der Waals surface area (Å²) in [6.07, 6.45) is 3.88. The number of nitrogens with zero attached hydrogens (tertiary/aromatic N) is 3. The lowest BCUT2D eigenvalue weighted by Gasteiger charge is -2.30. The van der Waals surface area contributed by atoms with Gasteiger partial charge in [-0.25, -0.2) is 9.37 Å². The Morgan fingerprint density at radius 3 is 2.67 bits per heavy atom. The molecule has 2 aromatic carbocycles. The van der Waals surface area contributed by atoms with Crippen molar-refractivity contribution in [1.82, 2.24) is 9.55 Å². The summed E-state index contributed by atoms with van der Waals surface area (Å²) < 4.78 is 16.2. The van der Waals surface area contributed by atoms with E-state index in [-0.39, 0.29) is 5.82 Å². The Bertz CT molecular complexity index is 1220. The number of aryl methyl sites for hydroxylation is 1. The second-order valence-corrected chi connectivity index (χ2v) is 8.11. The van der Waals surface area contributed by atoms with E-state index in [1.165, 1.54) is 33.8 Å². The lowest BCUT2D eigenvalue weighted by atomic mass is 10.00. The van der Waals surface area contributed by atoms with Gasteiger partial charge in [0, 0.05) is 36.9 Å². The number of rotatable bonds is 4. The van der Waals surface area contributed by atoms with Crippen molar-refractivity contribution >= 4 is 16.7 Å². The molecule has 0 amide bonds. The molecule has 0 saturated carbocycles. The fourth-order valence-corrected chi connectivity index (χ4v) is 4.86. The molecule has 0 radical (unpaired) electrons. The Labute approximate surface area is 176 Å². The summed E-state index contributed by atoms with van der Waals surface area (Å²) in [5.41, 5.74) is 7.53. The largest absolute Gasteiger partial charge is 0.350 e. The maximum absolute atomic E-state index is 13.9. The van der Waals surface area contributed by atoms with Crippen molar-refractivity contribution in [3.05, 3.63) is 94.6 Å². The zero-order valence-corrected chi connectivity index (χ0v) is 17.5. The molecule has 4 aromatic rings. The van der Waals surface area contributed by atoms with E-state index in [1.54, 1.807) is 12.1 Å². The van der Waals surface area contributed by atoms with Crippen molar-refractivity contribution in [1.29, 1.82) is 0 Å². The van der Waals surface area contributed by atoms with Crippen LogP contribution in [-0.2, 0) is 25.9 Å². The molecule has 0 unspecified atom stereocenters. The molecule has 3 heterocycles. The number of fused-ring (bicyclic) bond motifs is 2. The highest BCUT2D eigenvalue weighted by molar-refractivity contribution is 5.93. The first-order valence-electron chi connectivity index (χ1n) is 10.7. The van der Waals surface area contributed by atoms with E-state index >= 15 is 0 Å². The van der Waals surface area contributed by atoms with Crippen LogP contribution in [0.3, 0.4) is 0 Å². The molecule has 0 fully saturated rings. The summed E-state index contributed by atoms with van der Waals surface area (Å²) in [4.78, 5) is 7.24. The molecule has 1 aliphatic rings. The van der Waals surface area contributed by atoms with E-state index in [0.29, 0.717) is 6.54 Å². The molecule has 2 aromatic heterocycles. The standard InChI is InChI=1S/C26H26FN3/c1-3-24-18(2)23-11-13-28-26(29-14-12-20-8-4-5-9-21(20)17-29)25(23)30(24)16-19-7-6-10-22(27)15-19/h4-11,13,15H,3,12,14,16-17H2,1-2H3. The molecule has 152 valence electrons. The molecule has 0 N–H and O–H groups in total. The van der Waals surface area contributed by atoms with E-state index in [2.05, 4.69) is 53.6 Å². The summed E-state index contributed by atoms with van der Waals surface area (Å²) in [6.45, 7) is 6.85. The van der Waals surface area contributed by atoms with E-state index in [9.17, 15) is 4.39 Å². The quantitative estimate of drug-likeness (QED) is 0.442. The fourth-order valence-electron chi connectivity index (χ4n) is 4.86. The van der Waals surface area contributed by atoms with E-state index < -0.39 is 0 Å². The number of hydrogen-bond donors (Lipinski definition) is 0. The monoisotopic (exact) mass is 399 g/mol. The van der Waals surface area contributed by atoms with Crippen molar-refractivity contribution in [2.75, 3.05) is 11.4 Å². The Kier molecular flexibility index (Phi) is 4.78. The van der Waals surface area contributed by atoms with Crippen LogP contribution in [-0.4, -0.2) is 16.1 Å². The van der Waals surface area contributed by atoms with Crippen LogP contribution in [0.25, 0.3) is 10.9 Å². The predicted octanol–water partition coefficient (Wildman–Crippen LogP) is 5.66. The molecule has 4 heteroatoms. The van der Waals surface area contributed by atoms with Gasteiger partial charge in [-0.3, -0.25) is 0 Å². The number of hydrogen-bond acceptors (Lipinski definition) is 2. The second kappa shape index (κ2) is 7.60. The topological polar surface area (TPSA) is 21.1 Å². The molecule has 0 saturated heterocycles. The molecule has 1 aliphatic heterocycles. The highest BCUT2D eigenvalue weighted by Gasteiger charge is 2.23. The average Bonchev–Trinajstić information content (AvgIpc) is 3.04. The van der Waals surface area contributed by atoms with Crippen molar-refractivity contribution in [3.63, 3.8) is 0 Å². The van der Waals surface area contributed by atoms with Gasteiger partial charge in [0.1, 0.15) is 5.82 Å². The Morgan fingerprint density at radius 2 is 1.87 bits per heavy atom. The molecule has 3 nitrogen and oxygen atoms in total. The maximum Gasteiger partial charge on any atom is 0.153 e. The van der Waals surface area contributed by atoms with E-state index in [1.807, 2.05) is 12.3 Å². The van der Waals surface area contributed by atoms with Crippen LogP contribution in [0.5, 0.6) is 0 Å². The first kappa shape index (κ1) is 18.9. The first-order chi connectivity index (χ1) is 14.7. The van der Waals surface area contributed by atoms with Crippen LogP contribution < -0.4 is 4.90 Å². The van der Waals surface area contributed by atoms with Crippen LogP contribution in [0.1, 0.15) is 34.9 Å². The third-order valence-electron chi connectivity index (χ3n) is 6.33. The van der Waals surface area contributed by atoms with Gasteiger partial charge in [0.05, 0.1) is 5.52 Å². The number of aromatic nitrogens is 2. The highest BCUT2D eigenvalue weighted by atomic mass is 19.1. The van der Waals surface area contributed by atoms with Gasteiger partial charge in [-0.05, 0) is 60.2 Å². The van der Waals surface area contributed by atoms with Gasteiger partial charge in [0.2, 0.25) is 0 Å². The van der Waals surface area contributed by atoms with Crippen LogP contribution in [0, 0.1) is 12.7 Å². The van der Waals surface area contributed by atoms with Gasteiger partial charge >= 0.3 is 0 Å². The zero-order chi connectivity index (χ0) is 20.7. The lowest BCUT2D eigenvalue weighted by Crippen LogP contribution is -2.31. The summed E-state index contributed by atoms with van der Waals surface area (Å²) >= 11 is 0. The summed E-state index contributed by atoms with van der Waals surface area (Å²) in [5, 5.41) is 1.24. The van der Waals surface area contributed by atoms with Gasteiger partial charge in [0.25, 0.3) is 0 Å². The highest BCUT2D eigenvalue weighted by Crippen LogP contribution is 2.34. The summed E-state index contributed by atoms with van der Waals surface area (Å²) in [6, 6.07) is 17.7. The Hall–Kier alpha value is -3.14. The maximum atomic E-state index is 13.9. The molecule has 0 atom stereocenters. The van der Waals surface area contributed by atoms with Crippen molar-refractivity contribution in [3.8, 4) is 0 Å². The second-order valence-electron chi connectivity index (χ2n) is 8.11. The first-order valence-corrected chi connectivity index (χ1v) is 10.7. The summed E-state index contributed by atoms with van der Waals surface area (Å²) in [7, 11) is 0. The molecule has 30 heavy (non-hydrogen) atoms. The van der Waals surface area contributed by atoms with Crippen molar-refractivity contribution in [2.24, 2.45) is 0 Å². The third kappa shape index (κ3) is 3.17. The molecule has 0 spiro atoms. The normalized spacial score (nSPS) is 13.6. The average molecular weight is 400 g/mol. The third-order valence-corrected chi connectivity index (χ3v) is 6.33. The van der Waals surface area contributed by atoms with Crippen molar-refractivity contribution < 1.29 is 4.39 Å². The molecule has 5 rings (SSSR count). The Balaban J connectivity index is 1.65. The van der Waals surface area contributed by atoms with Crippen molar-refractivity contribution in [2.45, 2.75) is 39.8 Å². The number of anilines is 1. The Morgan fingerprint density at radius 1 is 1.03 bits per heavy atom. The minimum atomic E-state index is -0.190. The molecular weight excluding hydrogens is 373 g/mol. The number of benzene rings is 2. The minimum absolute atomic E-state index is 0.190. The molecular formula is C26H26FN3. The SMILES string of the molecule is CCc1c(C)c2ccnc(N3CCc4ccccc4C3)c2n1Cc1cccc(F)c1. The van der Waals surface area contributed by atoms with E-state index in [4.69, 9.17) is 4.98 Å². The minimum Gasteiger partial charge on any atom is -0.350 e. The van der Waals surface area contributed by atoms with Gasteiger partial charge in [0.15, 0.2) is 5.82 Å². The number of pyridine rings is 1. The van der Waals surface area contributed by atoms with Crippen LogP contribution in [0.4, 0.5) is 10.2 Å². The zero-order valence-electron chi connectivity index (χ0n) is 17.5. The smallest absolute Gasteiger partial charge is 0.153 e.